The molecule has 0 atom stereocenters. The number of nitrogens with zero attached hydrogens (tertiary/aromatic N) is 1. The number of rotatable bonds is 8. The monoisotopic (exact) mass is 347 g/mol. The summed E-state index contributed by atoms with van der Waals surface area (Å²) in [6.45, 7) is 5.42. The van der Waals surface area contributed by atoms with Gasteiger partial charge in [-0.3, -0.25) is 4.79 Å². The van der Waals surface area contributed by atoms with Crippen LogP contribution in [0.2, 0.25) is 0 Å². The van der Waals surface area contributed by atoms with Gasteiger partial charge in [-0.15, -0.1) is 0 Å². The van der Waals surface area contributed by atoms with E-state index in [1.54, 1.807) is 0 Å². The van der Waals surface area contributed by atoms with E-state index in [1.165, 1.54) is 0 Å². The number of nitrogens with one attached hydrogen (secondary N) is 2. The fourth-order valence-electron chi connectivity index (χ4n) is 2.94. The third kappa shape index (κ3) is 7.13. The lowest BCUT2D eigenvalue weighted by Crippen LogP contribution is -2.42. The summed E-state index contributed by atoms with van der Waals surface area (Å²) in [7, 11) is 0. The minimum atomic E-state index is -0.0648. The minimum absolute atomic E-state index is 0.0648. The highest BCUT2D eigenvalue weighted by Gasteiger charge is 2.24. The Bertz CT molecular complexity index is 528. The molecule has 1 aromatic rings. The highest BCUT2D eigenvalue weighted by atomic mass is 16.5. The fourth-order valence-corrected chi connectivity index (χ4v) is 2.94. The molecule has 2 N–H and O–H groups in total. The number of carbonyl (C=O) groups excluding carboxylic acids is 2. The first-order chi connectivity index (χ1) is 12.2. The second-order valence-corrected chi connectivity index (χ2v) is 6.33. The molecular weight excluding hydrogens is 318 g/mol. The molecule has 6 heteroatoms. The van der Waals surface area contributed by atoms with Gasteiger partial charge in [0.05, 0.1) is 0 Å². The van der Waals surface area contributed by atoms with Crippen LogP contribution >= 0.6 is 0 Å². The van der Waals surface area contributed by atoms with Crippen LogP contribution in [0.4, 0.5) is 10.5 Å². The van der Waals surface area contributed by atoms with Crippen molar-refractivity contribution in [1.29, 1.82) is 0 Å². The number of hydrogen-bond acceptors (Lipinski definition) is 3. The Labute approximate surface area is 149 Å². The van der Waals surface area contributed by atoms with Gasteiger partial charge in [0.15, 0.2) is 0 Å². The zero-order chi connectivity index (χ0) is 17.9. The van der Waals surface area contributed by atoms with Gasteiger partial charge in [0.2, 0.25) is 5.91 Å². The smallest absolute Gasteiger partial charge is 0.321 e. The molecule has 0 radical (unpaired) electrons. The Morgan fingerprint density at radius 2 is 1.92 bits per heavy atom. The molecule has 0 saturated carbocycles. The summed E-state index contributed by atoms with van der Waals surface area (Å²) >= 11 is 0. The van der Waals surface area contributed by atoms with E-state index in [2.05, 4.69) is 10.6 Å². The molecule has 25 heavy (non-hydrogen) atoms. The van der Waals surface area contributed by atoms with Crippen LogP contribution in [-0.4, -0.2) is 49.7 Å². The van der Waals surface area contributed by atoms with Crippen molar-refractivity contribution in [3.8, 4) is 0 Å². The van der Waals surface area contributed by atoms with Gasteiger partial charge in [0.25, 0.3) is 0 Å². The van der Waals surface area contributed by atoms with Crippen molar-refractivity contribution in [2.24, 2.45) is 5.92 Å². The van der Waals surface area contributed by atoms with E-state index in [1.807, 2.05) is 42.2 Å². The van der Waals surface area contributed by atoms with Gasteiger partial charge in [-0.25, -0.2) is 4.79 Å². The highest BCUT2D eigenvalue weighted by Crippen LogP contribution is 2.21. The predicted molar refractivity (Wildman–Crippen MR) is 98.5 cm³/mol. The van der Waals surface area contributed by atoms with Gasteiger partial charge in [-0.1, -0.05) is 18.2 Å². The summed E-state index contributed by atoms with van der Waals surface area (Å²) in [4.78, 5) is 26.0. The standard InChI is InChI=1S/C19H29N3O3/c1-2-25-14-6-11-20-18(23)15-16-9-12-22(13-10-16)19(24)21-17-7-4-3-5-8-17/h3-5,7-8,16H,2,6,9-15H2,1H3,(H,20,23)(H,21,24). The maximum atomic E-state index is 12.2. The fraction of sp³-hybridized carbons (Fsp3) is 0.579. The van der Waals surface area contributed by atoms with Crippen molar-refractivity contribution in [1.82, 2.24) is 10.2 Å². The van der Waals surface area contributed by atoms with Crippen LogP contribution in [-0.2, 0) is 9.53 Å². The lowest BCUT2D eigenvalue weighted by atomic mass is 9.93. The number of likely N-dealkylation sites (tertiary alicyclic amines) is 1. The summed E-state index contributed by atoms with van der Waals surface area (Å²) in [5.74, 6) is 0.455. The predicted octanol–water partition coefficient (Wildman–Crippen LogP) is 2.86. The summed E-state index contributed by atoms with van der Waals surface area (Å²) in [5.41, 5.74) is 0.807. The molecule has 1 aliphatic rings. The zero-order valence-electron chi connectivity index (χ0n) is 15.0. The number of urea groups is 1. The van der Waals surface area contributed by atoms with E-state index in [0.29, 0.717) is 45.2 Å². The van der Waals surface area contributed by atoms with Crippen LogP contribution < -0.4 is 10.6 Å². The molecule has 1 saturated heterocycles. The van der Waals surface area contributed by atoms with E-state index in [0.717, 1.165) is 24.9 Å². The van der Waals surface area contributed by atoms with Crippen LogP contribution in [0.15, 0.2) is 30.3 Å². The summed E-state index contributed by atoms with van der Waals surface area (Å²) < 4.78 is 5.25. The number of ether oxygens (including phenoxy) is 1. The molecule has 0 bridgehead atoms. The SMILES string of the molecule is CCOCCCNC(=O)CC1CCN(C(=O)Nc2ccccc2)CC1. The summed E-state index contributed by atoms with van der Waals surface area (Å²) in [6, 6.07) is 9.40. The quantitative estimate of drug-likeness (QED) is 0.711. The molecule has 0 spiro atoms. The van der Waals surface area contributed by atoms with E-state index >= 15 is 0 Å². The molecule has 2 rings (SSSR count). The van der Waals surface area contributed by atoms with E-state index in [4.69, 9.17) is 4.74 Å². The lowest BCUT2D eigenvalue weighted by molar-refractivity contribution is -0.122. The first-order valence-corrected chi connectivity index (χ1v) is 9.14. The van der Waals surface area contributed by atoms with Crippen LogP contribution in [0, 0.1) is 5.92 Å². The largest absolute Gasteiger partial charge is 0.382 e. The maximum absolute atomic E-state index is 12.2. The number of piperidine rings is 1. The first kappa shape index (κ1) is 19.2. The van der Waals surface area contributed by atoms with Gasteiger partial charge >= 0.3 is 6.03 Å². The normalized spacial score (nSPS) is 15.0. The second kappa shape index (κ2) is 10.7. The number of anilines is 1. The number of carbonyl (C=O) groups is 2. The topological polar surface area (TPSA) is 70.7 Å². The van der Waals surface area contributed by atoms with Crippen LogP contribution in [0.5, 0.6) is 0 Å². The molecule has 6 nitrogen and oxygen atoms in total. The molecule has 1 heterocycles. The Kier molecular flexibility index (Phi) is 8.25. The van der Waals surface area contributed by atoms with Gasteiger partial charge in [-0.2, -0.15) is 0 Å². The van der Waals surface area contributed by atoms with Gasteiger partial charge < -0.3 is 20.3 Å². The third-order valence-electron chi connectivity index (χ3n) is 4.39. The lowest BCUT2D eigenvalue weighted by Gasteiger charge is -2.31. The van der Waals surface area contributed by atoms with Crippen molar-refractivity contribution in [3.05, 3.63) is 30.3 Å². The van der Waals surface area contributed by atoms with Crippen molar-refractivity contribution in [2.45, 2.75) is 32.6 Å². The Morgan fingerprint density at radius 3 is 2.60 bits per heavy atom. The van der Waals surface area contributed by atoms with Crippen molar-refractivity contribution >= 4 is 17.6 Å². The Hall–Kier alpha value is -2.08. The zero-order valence-corrected chi connectivity index (χ0v) is 15.0. The van der Waals surface area contributed by atoms with E-state index in [9.17, 15) is 9.59 Å². The molecule has 0 aromatic heterocycles. The third-order valence-corrected chi connectivity index (χ3v) is 4.39. The number of benzene rings is 1. The molecule has 138 valence electrons. The molecule has 3 amide bonds. The number of amides is 3. The molecule has 1 aromatic carbocycles. The number of para-hydroxylation sites is 1. The second-order valence-electron chi connectivity index (χ2n) is 6.33. The molecule has 1 aliphatic heterocycles. The Balaban J connectivity index is 1.62. The van der Waals surface area contributed by atoms with Crippen LogP contribution in [0.1, 0.15) is 32.6 Å². The van der Waals surface area contributed by atoms with Gasteiger partial charge in [-0.05, 0) is 44.2 Å². The Morgan fingerprint density at radius 1 is 1.20 bits per heavy atom. The first-order valence-electron chi connectivity index (χ1n) is 9.14. The number of hydrogen-bond donors (Lipinski definition) is 2. The van der Waals surface area contributed by atoms with Crippen LogP contribution in [0.3, 0.4) is 0 Å². The van der Waals surface area contributed by atoms with Gasteiger partial charge in [0, 0.05) is 45.0 Å². The summed E-state index contributed by atoms with van der Waals surface area (Å²) in [5, 5.41) is 5.85. The highest BCUT2D eigenvalue weighted by molar-refractivity contribution is 5.89. The average molecular weight is 347 g/mol. The molecule has 0 aliphatic carbocycles. The maximum Gasteiger partial charge on any atom is 0.321 e. The van der Waals surface area contributed by atoms with Gasteiger partial charge in [0.1, 0.15) is 0 Å². The van der Waals surface area contributed by atoms with Crippen LogP contribution in [0.25, 0.3) is 0 Å². The van der Waals surface area contributed by atoms with Crippen molar-refractivity contribution in [2.75, 3.05) is 38.2 Å². The molecule has 1 fully saturated rings. The van der Waals surface area contributed by atoms with Crippen molar-refractivity contribution in [3.63, 3.8) is 0 Å². The van der Waals surface area contributed by atoms with E-state index in [-0.39, 0.29) is 11.9 Å². The summed E-state index contributed by atoms with van der Waals surface area (Å²) in [6.07, 6.45) is 3.13. The van der Waals surface area contributed by atoms with E-state index < -0.39 is 0 Å². The molecular formula is C19H29N3O3. The molecule has 0 unspecified atom stereocenters. The van der Waals surface area contributed by atoms with Crippen molar-refractivity contribution < 1.29 is 14.3 Å². The minimum Gasteiger partial charge on any atom is -0.382 e. The average Bonchev–Trinajstić information content (AvgIpc) is 2.63.